The predicted octanol–water partition coefficient (Wildman–Crippen LogP) is 2.58. The van der Waals surface area contributed by atoms with Crippen molar-refractivity contribution in [2.75, 3.05) is 12.9 Å². The van der Waals surface area contributed by atoms with E-state index in [-0.39, 0.29) is 22.6 Å². The molecule has 0 saturated carbocycles. The van der Waals surface area contributed by atoms with E-state index in [0.29, 0.717) is 11.5 Å². The van der Waals surface area contributed by atoms with Gasteiger partial charge in [0.25, 0.3) is 0 Å². The minimum atomic E-state index is -3.56. The number of hydrogen-bond donors (Lipinski definition) is 1. The van der Waals surface area contributed by atoms with Gasteiger partial charge in [-0.05, 0) is 43.3 Å². The van der Waals surface area contributed by atoms with Gasteiger partial charge in [0.15, 0.2) is 9.84 Å². The average molecular weight is 351 g/mol. The van der Waals surface area contributed by atoms with Crippen LogP contribution in [0.2, 0.25) is 0 Å². The Morgan fingerprint density at radius 1 is 1.21 bits per heavy atom. The van der Waals surface area contributed by atoms with Gasteiger partial charge in [-0.25, -0.2) is 8.42 Å². The first-order valence-corrected chi connectivity index (χ1v) is 9.19. The zero-order valence-electron chi connectivity index (χ0n) is 13.9. The van der Waals surface area contributed by atoms with Crippen LogP contribution in [-0.4, -0.2) is 27.2 Å². The van der Waals surface area contributed by atoms with Crippen LogP contribution in [0.25, 0.3) is 0 Å². The third kappa shape index (κ3) is 4.38. The molecular weight excluding hydrogens is 330 g/mol. The van der Waals surface area contributed by atoms with Crippen molar-refractivity contribution in [2.24, 2.45) is 5.92 Å². The highest BCUT2D eigenvalue weighted by Crippen LogP contribution is 2.19. The zero-order chi connectivity index (χ0) is 17.7. The summed E-state index contributed by atoms with van der Waals surface area (Å²) in [7, 11) is -2.05. The number of ether oxygens (including phenoxy) is 1. The van der Waals surface area contributed by atoms with E-state index in [1.807, 2.05) is 0 Å². The molecule has 0 spiro atoms. The summed E-state index contributed by atoms with van der Waals surface area (Å²) >= 11 is 0. The van der Waals surface area contributed by atoms with E-state index >= 15 is 0 Å². The van der Waals surface area contributed by atoms with Crippen LogP contribution in [0.4, 0.5) is 0 Å². The Bertz CT molecular complexity index is 766. The molecule has 2 unspecified atom stereocenters. The number of carbonyl (C=O) groups excluding carboxylic acids is 1. The molecule has 2 rings (SSSR count). The second kappa shape index (κ2) is 7.53. The van der Waals surface area contributed by atoms with Crippen LogP contribution in [-0.2, 0) is 14.6 Å². The summed E-state index contributed by atoms with van der Waals surface area (Å²) in [6.07, 6.45) is 1.52. The average Bonchev–Trinajstić information content (AvgIpc) is 3.09. The van der Waals surface area contributed by atoms with Crippen LogP contribution in [0, 0.1) is 5.92 Å². The van der Waals surface area contributed by atoms with Crippen molar-refractivity contribution >= 4 is 15.7 Å². The molecule has 2 aromatic rings. The Balaban J connectivity index is 2.01. The van der Waals surface area contributed by atoms with Gasteiger partial charge in [-0.3, -0.25) is 4.79 Å². The molecule has 24 heavy (non-hydrogen) atoms. The number of nitrogens with one attached hydrogen (secondary N) is 1. The summed E-state index contributed by atoms with van der Waals surface area (Å²) in [5.74, 6) is -0.0955. The first kappa shape index (κ1) is 18.1. The molecule has 6 nitrogen and oxygen atoms in total. The van der Waals surface area contributed by atoms with E-state index < -0.39 is 15.8 Å². The standard InChI is InChI=1S/C17H21NO5S/c1-12(17(19)18-13(2)16-5-4-10-23-16)11-24(20,21)15-8-6-14(22-3)7-9-15/h4-10,12-13H,11H2,1-3H3,(H,18,19). The third-order valence-corrected chi connectivity index (χ3v) is 5.59. The Labute approximate surface area is 141 Å². The maximum Gasteiger partial charge on any atom is 0.224 e. The van der Waals surface area contributed by atoms with Crippen LogP contribution >= 0.6 is 0 Å². The number of furan rings is 1. The monoisotopic (exact) mass is 351 g/mol. The van der Waals surface area contributed by atoms with Gasteiger partial charge >= 0.3 is 0 Å². The Kier molecular flexibility index (Phi) is 5.66. The fraction of sp³-hybridized carbons (Fsp3) is 0.353. The largest absolute Gasteiger partial charge is 0.497 e. The van der Waals surface area contributed by atoms with Crippen molar-refractivity contribution in [1.29, 1.82) is 0 Å². The lowest BCUT2D eigenvalue weighted by atomic mass is 10.1. The van der Waals surface area contributed by atoms with Crippen molar-refractivity contribution in [2.45, 2.75) is 24.8 Å². The smallest absolute Gasteiger partial charge is 0.224 e. The molecule has 0 radical (unpaired) electrons. The van der Waals surface area contributed by atoms with Gasteiger partial charge in [-0.1, -0.05) is 6.92 Å². The quantitative estimate of drug-likeness (QED) is 0.828. The maximum atomic E-state index is 12.4. The summed E-state index contributed by atoms with van der Waals surface area (Å²) in [5, 5.41) is 2.76. The van der Waals surface area contributed by atoms with Crippen molar-refractivity contribution in [3.05, 3.63) is 48.4 Å². The molecule has 1 N–H and O–H groups in total. The first-order valence-electron chi connectivity index (χ1n) is 7.54. The lowest BCUT2D eigenvalue weighted by molar-refractivity contribution is -0.124. The SMILES string of the molecule is COc1ccc(S(=O)(=O)CC(C)C(=O)NC(C)c2ccco2)cc1. The second-order valence-corrected chi connectivity index (χ2v) is 7.64. The number of methoxy groups -OCH3 is 1. The molecule has 1 amide bonds. The van der Waals surface area contributed by atoms with Gasteiger partial charge < -0.3 is 14.5 Å². The summed E-state index contributed by atoms with van der Waals surface area (Å²) in [5.41, 5.74) is 0. The molecule has 1 aromatic heterocycles. The highest BCUT2D eigenvalue weighted by Gasteiger charge is 2.24. The molecule has 1 aromatic carbocycles. The van der Waals surface area contributed by atoms with Crippen molar-refractivity contribution < 1.29 is 22.4 Å². The van der Waals surface area contributed by atoms with Gasteiger partial charge in [-0.2, -0.15) is 0 Å². The van der Waals surface area contributed by atoms with E-state index in [9.17, 15) is 13.2 Å². The van der Waals surface area contributed by atoms with E-state index in [0.717, 1.165) is 0 Å². The summed E-state index contributed by atoms with van der Waals surface area (Å²) < 4.78 is 35.1. The first-order chi connectivity index (χ1) is 11.3. The van der Waals surface area contributed by atoms with Crippen LogP contribution < -0.4 is 10.1 Å². The van der Waals surface area contributed by atoms with Crippen molar-refractivity contribution in [3.63, 3.8) is 0 Å². The fourth-order valence-electron chi connectivity index (χ4n) is 2.25. The number of hydrogen-bond acceptors (Lipinski definition) is 5. The Hall–Kier alpha value is -2.28. The summed E-state index contributed by atoms with van der Waals surface area (Å²) in [6, 6.07) is 9.28. The molecule has 0 saturated heterocycles. The highest BCUT2D eigenvalue weighted by atomic mass is 32.2. The topological polar surface area (TPSA) is 85.6 Å². The number of carbonyl (C=O) groups is 1. The second-order valence-electron chi connectivity index (χ2n) is 5.60. The predicted molar refractivity (Wildman–Crippen MR) is 89.5 cm³/mol. The maximum absolute atomic E-state index is 12.4. The number of benzene rings is 1. The molecule has 130 valence electrons. The van der Waals surface area contributed by atoms with Crippen LogP contribution in [0.5, 0.6) is 5.75 Å². The number of rotatable bonds is 7. The van der Waals surface area contributed by atoms with Gasteiger partial charge in [0.1, 0.15) is 11.5 Å². The van der Waals surface area contributed by atoms with E-state index in [2.05, 4.69) is 5.32 Å². The Morgan fingerprint density at radius 2 is 1.88 bits per heavy atom. The van der Waals surface area contributed by atoms with Crippen molar-refractivity contribution in [1.82, 2.24) is 5.32 Å². The van der Waals surface area contributed by atoms with E-state index in [4.69, 9.17) is 9.15 Å². The zero-order valence-corrected chi connectivity index (χ0v) is 14.7. The highest BCUT2D eigenvalue weighted by molar-refractivity contribution is 7.91. The number of amides is 1. The lowest BCUT2D eigenvalue weighted by Gasteiger charge is -2.16. The molecule has 0 aliphatic carbocycles. The lowest BCUT2D eigenvalue weighted by Crippen LogP contribution is -2.34. The third-order valence-electron chi connectivity index (χ3n) is 3.66. The Morgan fingerprint density at radius 3 is 2.42 bits per heavy atom. The minimum Gasteiger partial charge on any atom is -0.497 e. The minimum absolute atomic E-state index is 0.169. The molecule has 2 atom stereocenters. The molecule has 0 aliphatic rings. The molecule has 0 bridgehead atoms. The molecule has 7 heteroatoms. The van der Waals surface area contributed by atoms with E-state index in [1.165, 1.54) is 25.5 Å². The number of sulfone groups is 1. The molecule has 0 fully saturated rings. The molecular formula is C17H21NO5S. The van der Waals surface area contributed by atoms with Crippen LogP contribution in [0.15, 0.2) is 52.0 Å². The fourth-order valence-corrected chi connectivity index (χ4v) is 3.80. The van der Waals surface area contributed by atoms with Gasteiger partial charge in [0.2, 0.25) is 5.91 Å². The normalized spacial score (nSPS) is 14.0. The van der Waals surface area contributed by atoms with Gasteiger partial charge in [-0.15, -0.1) is 0 Å². The van der Waals surface area contributed by atoms with Gasteiger partial charge in [0.05, 0.1) is 30.1 Å². The molecule has 0 aliphatic heterocycles. The van der Waals surface area contributed by atoms with E-state index in [1.54, 1.807) is 38.1 Å². The molecule has 1 heterocycles. The van der Waals surface area contributed by atoms with Crippen molar-refractivity contribution in [3.8, 4) is 5.75 Å². The van der Waals surface area contributed by atoms with Gasteiger partial charge in [0, 0.05) is 5.92 Å². The van der Waals surface area contributed by atoms with Crippen LogP contribution in [0.3, 0.4) is 0 Å². The summed E-state index contributed by atoms with van der Waals surface area (Å²) in [6.45, 7) is 3.37. The summed E-state index contributed by atoms with van der Waals surface area (Å²) in [4.78, 5) is 12.4. The van der Waals surface area contributed by atoms with Crippen LogP contribution in [0.1, 0.15) is 25.6 Å².